The third-order valence-corrected chi connectivity index (χ3v) is 3.93. The van der Waals surface area contributed by atoms with Crippen LogP contribution in [0.3, 0.4) is 0 Å². The highest BCUT2D eigenvalue weighted by Gasteiger charge is 2.12. The number of anilines is 2. The lowest BCUT2D eigenvalue weighted by atomic mass is 10.2. The molecule has 0 aliphatic carbocycles. The van der Waals surface area contributed by atoms with Crippen molar-refractivity contribution < 1.29 is 13.2 Å². The normalized spacial score (nSPS) is 11.1. The highest BCUT2D eigenvalue weighted by atomic mass is 32.2. The minimum absolute atomic E-state index is 0.121. The van der Waals surface area contributed by atoms with Crippen molar-refractivity contribution in [2.75, 3.05) is 17.6 Å². The third kappa shape index (κ3) is 3.89. The van der Waals surface area contributed by atoms with Gasteiger partial charge in [0.1, 0.15) is 5.75 Å². The Morgan fingerprint density at radius 2 is 1.85 bits per heavy atom. The van der Waals surface area contributed by atoms with E-state index in [0.29, 0.717) is 22.7 Å². The van der Waals surface area contributed by atoms with Gasteiger partial charge in [0.25, 0.3) is 0 Å². The Morgan fingerprint density at radius 3 is 2.45 bits per heavy atom. The second-order valence-electron chi connectivity index (χ2n) is 4.33. The molecule has 0 saturated heterocycles. The molecular weight excluding hydrogens is 276 g/mol. The highest BCUT2D eigenvalue weighted by Crippen LogP contribution is 2.18. The summed E-state index contributed by atoms with van der Waals surface area (Å²) in [5.41, 5.74) is 7.32. The summed E-state index contributed by atoms with van der Waals surface area (Å²) in [4.78, 5) is 0. The topological polar surface area (TPSA) is 81.4 Å². The Hall–Kier alpha value is -2.21. The van der Waals surface area contributed by atoms with E-state index < -0.39 is 10.0 Å². The fraction of sp³-hybridized carbons (Fsp3) is 0.143. The first-order valence-electron chi connectivity index (χ1n) is 5.97. The molecular formula is C14H16N2O3S. The van der Waals surface area contributed by atoms with Crippen LogP contribution in [0.2, 0.25) is 0 Å². The number of hydrogen-bond donors (Lipinski definition) is 2. The van der Waals surface area contributed by atoms with E-state index in [1.165, 1.54) is 0 Å². The summed E-state index contributed by atoms with van der Waals surface area (Å²) >= 11 is 0. The maximum atomic E-state index is 12.1. The molecule has 20 heavy (non-hydrogen) atoms. The summed E-state index contributed by atoms with van der Waals surface area (Å²) < 4.78 is 31.6. The van der Waals surface area contributed by atoms with Gasteiger partial charge in [-0.2, -0.15) is 0 Å². The average Bonchev–Trinajstić information content (AvgIpc) is 2.38. The van der Waals surface area contributed by atoms with Crippen molar-refractivity contribution in [3.63, 3.8) is 0 Å². The SMILES string of the molecule is COc1ccc(NS(=O)(=O)Cc2cccc(N)c2)cc1. The van der Waals surface area contributed by atoms with Gasteiger partial charge >= 0.3 is 0 Å². The molecule has 0 fully saturated rings. The van der Waals surface area contributed by atoms with Crippen molar-refractivity contribution in [2.24, 2.45) is 0 Å². The van der Waals surface area contributed by atoms with E-state index in [0.717, 1.165) is 0 Å². The monoisotopic (exact) mass is 292 g/mol. The molecule has 6 heteroatoms. The van der Waals surface area contributed by atoms with Crippen LogP contribution in [0.15, 0.2) is 48.5 Å². The van der Waals surface area contributed by atoms with E-state index in [4.69, 9.17) is 10.5 Å². The number of rotatable bonds is 5. The third-order valence-electron chi connectivity index (χ3n) is 2.67. The van der Waals surface area contributed by atoms with Crippen molar-refractivity contribution in [1.29, 1.82) is 0 Å². The first kappa shape index (κ1) is 14.2. The van der Waals surface area contributed by atoms with Crippen LogP contribution in [0.5, 0.6) is 5.75 Å². The number of nitrogen functional groups attached to an aromatic ring is 1. The maximum Gasteiger partial charge on any atom is 0.236 e. The molecule has 3 N–H and O–H groups in total. The number of nitrogens with one attached hydrogen (secondary N) is 1. The van der Waals surface area contributed by atoms with Gasteiger partial charge in [-0.3, -0.25) is 4.72 Å². The predicted molar refractivity (Wildman–Crippen MR) is 80.1 cm³/mol. The average molecular weight is 292 g/mol. The minimum atomic E-state index is -3.47. The molecule has 0 saturated carbocycles. The number of hydrogen-bond acceptors (Lipinski definition) is 4. The van der Waals surface area contributed by atoms with Crippen LogP contribution < -0.4 is 15.2 Å². The summed E-state index contributed by atoms with van der Waals surface area (Å²) in [7, 11) is -1.92. The van der Waals surface area contributed by atoms with Crippen molar-refractivity contribution in [3.8, 4) is 5.75 Å². The molecule has 0 atom stereocenters. The van der Waals surface area contributed by atoms with Crippen LogP contribution in [-0.2, 0) is 15.8 Å². The van der Waals surface area contributed by atoms with Gasteiger partial charge in [0, 0.05) is 11.4 Å². The van der Waals surface area contributed by atoms with Crippen LogP contribution in [0, 0.1) is 0 Å². The molecule has 0 spiro atoms. The summed E-state index contributed by atoms with van der Waals surface area (Å²) in [5.74, 6) is 0.549. The fourth-order valence-electron chi connectivity index (χ4n) is 1.78. The molecule has 0 aromatic heterocycles. The predicted octanol–water partition coefficient (Wildman–Crippen LogP) is 2.22. The van der Waals surface area contributed by atoms with Crippen LogP contribution in [0.25, 0.3) is 0 Å². The van der Waals surface area contributed by atoms with Gasteiger partial charge in [-0.25, -0.2) is 8.42 Å². The lowest BCUT2D eigenvalue weighted by Crippen LogP contribution is -2.15. The molecule has 0 heterocycles. The number of sulfonamides is 1. The summed E-state index contributed by atoms with van der Waals surface area (Å²) in [5, 5.41) is 0. The number of nitrogens with two attached hydrogens (primary N) is 1. The van der Waals surface area contributed by atoms with Crippen LogP contribution in [0.1, 0.15) is 5.56 Å². The van der Waals surface area contributed by atoms with E-state index >= 15 is 0 Å². The van der Waals surface area contributed by atoms with Crippen LogP contribution in [-0.4, -0.2) is 15.5 Å². The number of ether oxygens (including phenoxy) is 1. The lowest BCUT2D eigenvalue weighted by molar-refractivity contribution is 0.415. The zero-order valence-corrected chi connectivity index (χ0v) is 11.9. The van der Waals surface area contributed by atoms with Gasteiger partial charge < -0.3 is 10.5 Å². The smallest absolute Gasteiger partial charge is 0.236 e. The standard InChI is InChI=1S/C14H16N2O3S/c1-19-14-7-5-13(6-8-14)16-20(17,18)10-11-3-2-4-12(15)9-11/h2-9,16H,10,15H2,1H3. The minimum Gasteiger partial charge on any atom is -0.497 e. The fourth-order valence-corrected chi connectivity index (χ4v) is 2.96. The van der Waals surface area contributed by atoms with E-state index in [1.807, 2.05) is 0 Å². The van der Waals surface area contributed by atoms with Crippen molar-refractivity contribution in [2.45, 2.75) is 5.75 Å². The van der Waals surface area contributed by atoms with Gasteiger partial charge in [-0.05, 0) is 42.0 Å². The zero-order valence-electron chi connectivity index (χ0n) is 11.0. The van der Waals surface area contributed by atoms with E-state index in [-0.39, 0.29) is 5.75 Å². The molecule has 2 aromatic carbocycles. The Morgan fingerprint density at radius 1 is 1.15 bits per heavy atom. The van der Waals surface area contributed by atoms with E-state index in [1.54, 1.807) is 55.6 Å². The lowest BCUT2D eigenvalue weighted by Gasteiger charge is -2.09. The number of methoxy groups -OCH3 is 1. The Bertz CT molecular complexity index is 682. The second kappa shape index (κ2) is 5.83. The molecule has 0 amide bonds. The van der Waals surface area contributed by atoms with Crippen molar-refractivity contribution in [1.82, 2.24) is 0 Å². The van der Waals surface area contributed by atoms with Gasteiger partial charge in [-0.15, -0.1) is 0 Å². The Labute approximate surface area is 118 Å². The maximum absolute atomic E-state index is 12.1. The first-order valence-corrected chi connectivity index (χ1v) is 7.63. The summed E-state index contributed by atoms with van der Waals surface area (Å²) in [6.45, 7) is 0. The molecule has 0 aliphatic rings. The van der Waals surface area contributed by atoms with Crippen LogP contribution >= 0.6 is 0 Å². The Kier molecular flexibility index (Phi) is 4.14. The Balaban J connectivity index is 2.10. The first-order chi connectivity index (χ1) is 9.48. The molecule has 2 rings (SSSR count). The van der Waals surface area contributed by atoms with Gasteiger partial charge in [-0.1, -0.05) is 12.1 Å². The molecule has 2 aromatic rings. The molecule has 0 bridgehead atoms. The summed E-state index contributed by atoms with van der Waals surface area (Å²) in [6.07, 6.45) is 0. The van der Waals surface area contributed by atoms with Gasteiger partial charge in [0.2, 0.25) is 10.0 Å². The van der Waals surface area contributed by atoms with Gasteiger partial charge in [0.15, 0.2) is 0 Å². The summed E-state index contributed by atoms with van der Waals surface area (Å²) in [6, 6.07) is 13.5. The molecule has 5 nitrogen and oxygen atoms in total. The van der Waals surface area contributed by atoms with Crippen molar-refractivity contribution >= 4 is 21.4 Å². The second-order valence-corrected chi connectivity index (χ2v) is 6.06. The van der Waals surface area contributed by atoms with E-state index in [2.05, 4.69) is 4.72 Å². The molecule has 0 radical (unpaired) electrons. The largest absolute Gasteiger partial charge is 0.497 e. The highest BCUT2D eigenvalue weighted by molar-refractivity contribution is 7.91. The molecule has 106 valence electrons. The number of benzene rings is 2. The quantitative estimate of drug-likeness (QED) is 0.828. The van der Waals surface area contributed by atoms with Crippen LogP contribution in [0.4, 0.5) is 11.4 Å². The zero-order chi connectivity index (χ0) is 14.6. The van der Waals surface area contributed by atoms with Gasteiger partial charge in [0.05, 0.1) is 12.9 Å². The molecule has 0 unspecified atom stereocenters. The van der Waals surface area contributed by atoms with Crippen molar-refractivity contribution in [3.05, 3.63) is 54.1 Å². The molecule has 0 aliphatic heterocycles. The van der Waals surface area contributed by atoms with E-state index in [9.17, 15) is 8.42 Å².